The van der Waals surface area contributed by atoms with E-state index in [2.05, 4.69) is 10.6 Å². The summed E-state index contributed by atoms with van der Waals surface area (Å²) in [7, 11) is 0. The second-order valence-corrected chi connectivity index (χ2v) is 5.48. The molecule has 6 nitrogen and oxygen atoms in total. The van der Waals surface area contributed by atoms with E-state index in [4.69, 9.17) is 5.11 Å². The fourth-order valence-electron chi connectivity index (χ4n) is 2.14. The predicted molar refractivity (Wildman–Crippen MR) is 89.9 cm³/mol. The molecule has 2 amide bonds. The number of halogens is 1. The molecule has 0 heterocycles. The number of carbonyl (C=O) groups is 3. The van der Waals surface area contributed by atoms with Crippen molar-refractivity contribution >= 4 is 23.5 Å². The summed E-state index contributed by atoms with van der Waals surface area (Å²) in [6, 6.07) is 10.7. The topological polar surface area (TPSA) is 95.5 Å². The number of nitrogens with one attached hydrogen (secondary N) is 2. The van der Waals surface area contributed by atoms with Crippen LogP contribution in [0.2, 0.25) is 0 Å². The quantitative estimate of drug-likeness (QED) is 0.748. The van der Waals surface area contributed by atoms with Gasteiger partial charge in [0, 0.05) is 5.69 Å². The second-order valence-electron chi connectivity index (χ2n) is 5.48. The van der Waals surface area contributed by atoms with Gasteiger partial charge in [0.05, 0.1) is 12.0 Å². The molecule has 0 aliphatic carbocycles. The van der Waals surface area contributed by atoms with E-state index in [1.54, 1.807) is 37.3 Å². The van der Waals surface area contributed by atoms with Gasteiger partial charge in [0.1, 0.15) is 12.4 Å². The summed E-state index contributed by atoms with van der Waals surface area (Å²) in [4.78, 5) is 34.1. The summed E-state index contributed by atoms with van der Waals surface area (Å²) >= 11 is 0. The van der Waals surface area contributed by atoms with Crippen molar-refractivity contribution in [3.05, 3.63) is 65.0 Å². The number of carboxylic acid groups (broad SMARTS) is 1. The zero-order valence-electron chi connectivity index (χ0n) is 13.5. The van der Waals surface area contributed by atoms with Crippen LogP contribution < -0.4 is 10.6 Å². The SMILES string of the molecule is Cc1ccc(F)c(C(=O)Nc2ccc(CC(=O)NCC(=O)O)cc2)c1. The molecule has 0 aliphatic heterocycles. The van der Waals surface area contributed by atoms with Gasteiger partial charge in [-0.25, -0.2) is 4.39 Å². The minimum Gasteiger partial charge on any atom is -0.480 e. The molecule has 7 heteroatoms. The lowest BCUT2D eigenvalue weighted by molar-refractivity contribution is -0.137. The number of anilines is 1. The smallest absolute Gasteiger partial charge is 0.322 e. The van der Waals surface area contributed by atoms with Crippen LogP contribution in [0.4, 0.5) is 10.1 Å². The third-order valence-electron chi connectivity index (χ3n) is 3.38. The van der Waals surface area contributed by atoms with E-state index in [9.17, 15) is 18.8 Å². The lowest BCUT2D eigenvalue weighted by atomic mass is 10.1. The second kappa shape index (κ2) is 8.05. The van der Waals surface area contributed by atoms with Crippen molar-refractivity contribution in [1.29, 1.82) is 0 Å². The van der Waals surface area contributed by atoms with E-state index >= 15 is 0 Å². The zero-order chi connectivity index (χ0) is 18.4. The van der Waals surface area contributed by atoms with Crippen molar-refractivity contribution in [3.8, 4) is 0 Å². The van der Waals surface area contributed by atoms with Crippen molar-refractivity contribution in [2.45, 2.75) is 13.3 Å². The number of rotatable bonds is 6. The van der Waals surface area contributed by atoms with Crippen LogP contribution in [0.1, 0.15) is 21.5 Å². The van der Waals surface area contributed by atoms with Gasteiger partial charge < -0.3 is 15.7 Å². The molecule has 2 aromatic rings. The Hall–Kier alpha value is -3.22. The van der Waals surface area contributed by atoms with Crippen LogP contribution in [0.5, 0.6) is 0 Å². The summed E-state index contributed by atoms with van der Waals surface area (Å²) in [6.45, 7) is 1.33. The number of benzene rings is 2. The Labute approximate surface area is 143 Å². The highest BCUT2D eigenvalue weighted by molar-refractivity contribution is 6.04. The maximum absolute atomic E-state index is 13.7. The normalized spacial score (nSPS) is 10.2. The van der Waals surface area contributed by atoms with Gasteiger partial charge in [-0.3, -0.25) is 14.4 Å². The highest BCUT2D eigenvalue weighted by atomic mass is 19.1. The lowest BCUT2D eigenvalue weighted by Gasteiger charge is -2.08. The van der Waals surface area contributed by atoms with E-state index in [-0.39, 0.29) is 12.0 Å². The molecular formula is C18H17FN2O4. The number of carbonyl (C=O) groups excluding carboxylic acids is 2. The van der Waals surface area contributed by atoms with Crippen LogP contribution in [0.15, 0.2) is 42.5 Å². The standard InChI is InChI=1S/C18H17FN2O4/c1-11-2-7-15(19)14(8-11)18(25)21-13-5-3-12(4-6-13)9-16(22)20-10-17(23)24/h2-8H,9-10H2,1H3,(H,20,22)(H,21,25)(H,23,24). The first-order chi connectivity index (χ1) is 11.8. The van der Waals surface area contributed by atoms with E-state index in [0.717, 1.165) is 5.56 Å². The van der Waals surface area contributed by atoms with Crippen molar-refractivity contribution in [2.24, 2.45) is 0 Å². The number of aryl methyl sites for hydroxylation is 1. The highest BCUT2D eigenvalue weighted by Crippen LogP contribution is 2.15. The molecule has 0 atom stereocenters. The zero-order valence-corrected chi connectivity index (χ0v) is 13.5. The van der Waals surface area contributed by atoms with Crippen molar-refractivity contribution < 1.29 is 23.9 Å². The summed E-state index contributed by atoms with van der Waals surface area (Å²) < 4.78 is 13.7. The number of aliphatic carboxylic acids is 1. The Morgan fingerprint density at radius 1 is 1.08 bits per heavy atom. The van der Waals surface area contributed by atoms with Gasteiger partial charge in [-0.1, -0.05) is 23.8 Å². The Balaban J connectivity index is 1.98. The third-order valence-corrected chi connectivity index (χ3v) is 3.38. The first kappa shape index (κ1) is 18.1. The van der Waals surface area contributed by atoms with E-state index < -0.39 is 30.1 Å². The fraction of sp³-hybridized carbons (Fsp3) is 0.167. The van der Waals surface area contributed by atoms with Crippen LogP contribution in [-0.2, 0) is 16.0 Å². The molecule has 0 radical (unpaired) electrons. The van der Waals surface area contributed by atoms with Gasteiger partial charge in [-0.15, -0.1) is 0 Å². The average Bonchev–Trinajstić information content (AvgIpc) is 2.57. The number of amides is 2. The fourth-order valence-corrected chi connectivity index (χ4v) is 2.14. The average molecular weight is 344 g/mol. The van der Waals surface area contributed by atoms with Crippen molar-refractivity contribution in [2.75, 3.05) is 11.9 Å². The van der Waals surface area contributed by atoms with Crippen LogP contribution >= 0.6 is 0 Å². The monoisotopic (exact) mass is 344 g/mol. The Morgan fingerprint density at radius 2 is 1.76 bits per heavy atom. The largest absolute Gasteiger partial charge is 0.480 e. The Kier molecular flexibility index (Phi) is 5.84. The molecule has 2 aromatic carbocycles. The molecule has 0 aliphatic rings. The molecule has 0 saturated carbocycles. The molecular weight excluding hydrogens is 327 g/mol. The first-order valence-electron chi connectivity index (χ1n) is 7.50. The minimum atomic E-state index is -1.12. The summed E-state index contributed by atoms with van der Waals surface area (Å²) in [6.07, 6.45) is 0.0218. The van der Waals surface area contributed by atoms with Crippen molar-refractivity contribution in [1.82, 2.24) is 5.32 Å². The Morgan fingerprint density at radius 3 is 2.40 bits per heavy atom. The van der Waals surface area contributed by atoms with E-state index in [1.807, 2.05) is 0 Å². The highest BCUT2D eigenvalue weighted by Gasteiger charge is 2.12. The number of hydrogen-bond donors (Lipinski definition) is 3. The Bertz CT molecular complexity index is 803. The van der Waals surface area contributed by atoms with Crippen LogP contribution in [0, 0.1) is 12.7 Å². The molecule has 2 rings (SSSR count). The predicted octanol–water partition coefficient (Wildman–Crippen LogP) is 2.13. The van der Waals surface area contributed by atoms with E-state index in [0.29, 0.717) is 11.3 Å². The van der Waals surface area contributed by atoms with Gasteiger partial charge in [0.25, 0.3) is 5.91 Å². The van der Waals surface area contributed by atoms with Crippen LogP contribution in [-0.4, -0.2) is 29.4 Å². The number of hydrogen-bond acceptors (Lipinski definition) is 3. The molecule has 0 aromatic heterocycles. The minimum absolute atomic E-state index is 0.0218. The molecule has 3 N–H and O–H groups in total. The van der Waals surface area contributed by atoms with Crippen LogP contribution in [0.25, 0.3) is 0 Å². The molecule has 0 bridgehead atoms. The summed E-state index contributed by atoms with van der Waals surface area (Å²) in [5.41, 5.74) is 1.84. The molecule has 0 fully saturated rings. The van der Waals surface area contributed by atoms with Gasteiger partial charge in [0.15, 0.2) is 0 Å². The number of carboxylic acids is 1. The van der Waals surface area contributed by atoms with Crippen molar-refractivity contribution in [3.63, 3.8) is 0 Å². The molecule has 0 spiro atoms. The lowest BCUT2D eigenvalue weighted by Crippen LogP contribution is -2.30. The van der Waals surface area contributed by atoms with Gasteiger partial charge in [0.2, 0.25) is 5.91 Å². The molecule has 0 saturated heterocycles. The first-order valence-corrected chi connectivity index (χ1v) is 7.50. The maximum atomic E-state index is 13.7. The molecule has 0 unspecified atom stereocenters. The molecule has 130 valence electrons. The van der Waals surface area contributed by atoms with Gasteiger partial charge >= 0.3 is 5.97 Å². The molecule has 25 heavy (non-hydrogen) atoms. The van der Waals surface area contributed by atoms with Gasteiger partial charge in [-0.2, -0.15) is 0 Å². The van der Waals surface area contributed by atoms with Gasteiger partial charge in [-0.05, 0) is 36.8 Å². The van der Waals surface area contributed by atoms with Crippen LogP contribution in [0.3, 0.4) is 0 Å². The summed E-state index contributed by atoms with van der Waals surface area (Å²) in [5, 5.41) is 13.3. The third kappa shape index (κ3) is 5.42. The summed E-state index contributed by atoms with van der Waals surface area (Å²) in [5.74, 6) is -2.70. The van der Waals surface area contributed by atoms with E-state index in [1.165, 1.54) is 12.1 Å². The maximum Gasteiger partial charge on any atom is 0.322 e.